The fraction of sp³-hybridized carbons (Fsp3) is 0.133. The monoisotopic (exact) mass is 283 g/mol. The van der Waals surface area contributed by atoms with Gasteiger partial charge < -0.3 is 15.5 Å². The van der Waals surface area contributed by atoms with Gasteiger partial charge in [0.25, 0.3) is 11.5 Å². The van der Waals surface area contributed by atoms with Crippen LogP contribution in [0, 0.1) is 18.3 Å². The third-order valence-corrected chi connectivity index (χ3v) is 2.83. The van der Waals surface area contributed by atoms with Gasteiger partial charge in [0.05, 0.1) is 0 Å². The number of nitrogens with zero attached hydrogens (tertiary/aromatic N) is 1. The van der Waals surface area contributed by atoms with Crippen LogP contribution in [0.1, 0.15) is 11.3 Å². The zero-order chi connectivity index (χ0) is 15.4. The van der Waals surface area contributed by atoms with Gasteiger partial charge in [0, 0.05) is 11.3 Å². The van der Waals surface area contributed by atoms with Gasteiger partial charge in [0.1, 0.15) is 17.4 Å². The molecule has 0 saturated carbocycles. The van der Waals surface area contributed by atoms with Crippen LogP contribution in [-0.4, -0.2) is 17.5 Å². The van der Waals surface area contributed by atoms with E-state index in [1.807, 2.05) is 6.07 Å². The molecule has 0 radical (unpaired) electrons. The van der Waals surface area contributed by atoms with Gasteiger partial charge in [-0.2, -0.15) is 5.26 Å². The number of amides is 1. The van der Waals surface area contributed by atoms with E-state index < -0.39 is 11.5 Å². The van der Waals surface area contributed by atoms with Crippen molar-refractivity contribution in [3.8, 4) is 22.9 Å². The van der Waals surface area contributed by atoms with Crippen LogP contribution in [0.3, 0.4) is 0 Å². The van der Waals surface area contributed by atoms with Crippen molar-refractivity contribution >= 4 is 5.91 Å². The highest BCUT2D eigenvalue weighted by Crippen LogP contribution is 2.24. The molecule has 2 aromatic rings. The van der Waals surface area contributed by atoms with Crippen molar-refractivity contribution in [2.75, 3.05) is 6.61 Å². The number of aromatic nitrogens is 1. The summed E-state index contributed by atoms with van der Waals surface area (Å²) in [6, 6.07) is 10.4. The van der Waals surface area contributed by atoms with Gasteiger partial charge in [-0.15, -0.1) is 0 Å². The fourth-order valence-corrected chi connectivity index (χ4v) is 1.91. The first-order chi connectivity index (χ1) is 10.0. The van der Waals surface area contributed by atoms with Crippen molar-refractivity contribution in [1.29, 1.82) is 5.26 Å². The number of carbonyl (C=O) groups excluding carboxylic acids is 1. The largest absolute Gasteiger partial charge is 0.484 e. The fourth-order valence-electron chi connectivity index (χ4n) is 1.91. The number of hydrogen-bond acceptors (Lipinski definition) is 4. The van der Waals surface area contributed by atoms with Gasteiger partial charge in [0.15, 0.2) is 6.61 Å². The Morgan fingerprint density at radius 2 is 2.05 bits per heavy atom. The van der Waals surface area contributed by atoms with Gasteiger partial charge >= 0.3 is 0 Å². The Hall–Kier alpha value is -3.07. The van der Waals surface area contributed by atoms with Crippen LogP contribution < -0.4 is 16.0 Å². The van der Waals surface area contributed by atoms with Crippen LogP contribution in [0.15, 0.2) is 35.1 Å². The number of hydrogen-bond donors (Lipinski definition) is 2. The van der Waals surface area contributed by atoms with E-state index in [4.69, 9.17) is 15.7 Å². The van der Waals surface area contributed by atoms with E-state index in [0.29, 0.717) is 22.6 Å². The standard InChI is InChI=1S/C15H13N3O3/c1-9-6-12(13(7-16)15(20)18-9)10-2-4-11(5-3-10)21-8-14(17)19/h2-6H,8H2,1H3,(H2,17,19)(H,18,20). The third-order valence-electron chi connectivity index (χ3n) is 2.83. The van der Waals surface area contributed by atoms with E-state index >= 15 is 0 Å². The molecule has 0 aliphatic rings. The second-order valence-corrected chi connectivity index (χ2v) is 4.46. The predicted molar refractivity (Wildman–Crippen MR) is 76.6 cm³/mol. The molecule has 0 bridgehead atoms. The maximum absolute atomic E-state index is 11.8. The summed E-state index contributed by atoms with van der Waals surface area (Å²) in [6.45, 7) is 1.54. The highest BCUT2D eigenvalue weighted by molar-refractivity contribution is 5.75. The Labute approximate surface area is 120 Å². The quantitative estimate of drug-likeness (QED) is 0.875. The Morgan fingerprint density at radius 3 is 2.62 bits per heavy atom. The smallest absolute Gasteiger partial charge is 0.266 e. The number of primary amides is 1. The van der Waals surface area contributed by atoms with E-state index in [1.165, 1.54) is 0 Å². The van der Waals surface area contributed by atoms with Gasteiger partial charge in [-0.25, -0.2) is 0 Å². The van der Waals surface area contributed by atoms with E-state index in [2.05, 4.69) is 4.98 Å². The SMILES string of the molecule is Cc1cc(-c2ccc(OCC(N)=O)cc2)c(C#N)c(=O)[nH]1. The molecule has 1 aromatic carbocycles. The summed E-state index contributed by atoms with van der Waals surface area (Å²) >= 11 is 0. The van der Waals surface area contributed by atoms with Gasteiger partial charge in [0.2, 0.25) is 0 Å². The Bertz CT molecular complexity index is 770. The number of ether oxygens (including phenoxy) is 1. The first kappa shape index (κ1) is 14.3. The molecule has 6 heteroatoms. The number of aryl methyl sites for hydroxylation is 1. The van der Waals surface area contributed by atoms with Gasteiger partial charge in [-0.05, 0) is 30.7 Å². The summed E-state index contributed by atoms with van der Waals surface area (Å²) in [7, 11) is 0. The number of nitrogens with one attached hydrogen (secondary N) is 1. The molecular formula is C15H13N3O3. The number of nitrogens with two attached hydrogens (primary N) is 1. The average molecular weight is 283 g/mol. The number of H-pyrrole nitrogens is 1. The lowest BCUT2D eigenvalue weighted by Gasteiger charge is -2.07. The molecule has 1 heterocycles. The molecule has 2 rings (SSSR count). The zero-order valence-corrected chi connectivity index (χ0v) is 11.3. The van der Waals surface area contributed by atoms with Crippen molar-refractivity contribution in [3.05, 3.63) is 51.9 Å². The Morgan fingerprint density at radius 1 is 1.38 bits per heavy atom. The van der Waals surface area contributed by atoms with E-state index in [9.17, 15) is 9.59 Å². The summed E-state index contributed by atoms with van der Waals surface area (Å²) in [5.74, 6) is -0.0753. The molecule has 0 fully saturated rings. The zero-order valence-electron chi connectivity index (χ0n) is 11.3. The third kappa shape index (κ3) is 3.28. The molecule has 0 spiro atoms. The molecule has 0 saturated heterocycles. The summed E-state index contributed by atoms with van der Waals surface area (Å²) < 4.78 is 5.15. The first-order valence-electron chi connectivity index (χ1n) is 6.17. The van der Waals surface area contributed by atoms with Crippen molar-refractivity contribution in [2.45, 2.75) is 6.92 Å². The topological polar surface area (TPSA) is 109 Å². The van der Waals surface area contributed by atoms with Gasteiger partial charge in [-0.1, -0.05) is 12.1 Å². The molecule has 106 valence electrons. The highest BCUT2D eigenvalue weighted by atomic mass is 16.5. The van der Waals surface area contributed by atoms with Crippen molar-refractivity contribution in [1.82, 2.24) is 4.98 Å². The molecule has 0 unspecified atom stereocenters. The molecule has 6 nitrogen and oxygen atoms in total. The van der Waals surface area contributed by atoms with E-state index in [0.717, 1.165) is 0 Å². The number of rotatable bonds is 4. The predicted octanol–water partition coefficient (Wildman–Crippen LogP) is 1.09. The first-order valence-corrected chi connectivity index (χ1v) is 6.17. The molecule has 1 amide bonds. The normalized spacial score (nSPS) is 9.90. The number of pyridine rings is 1. The maximum Gasteiger partial charge on any atom is 0.266 e. The summed E-state index contributed by atoms with van der Waals surface area (Å²) in [6.07, 6.45) is 0. The number of benzene rings is 1. The lowest BCUT2D eigenvalue weighted by molar-refractivity contribution is -0.119. The summed E-state index contributed by atoms with van der Waals surface area (Å²) in [4.78, 5) is 25.0. The lowest BCUT2D eigenvalue weighted by Crippen LogP contribution is -2.19. The van der Waals surface area contributed by atoms with Crippen LogP contribution >= 0.6 is 0 Å². The molecule has 3 N–H and O–H groups in total. The summed E-state index contributed by atoms with van der Waals surface area (Å²) in [5, 5.41) is 9.11. The van der Waals surface area contributed by atoms with Crippen molar-refractivity contribution in [3.63, 3.8) is 0 Å². The highest BCUT2D eigenvalue weighted by Gasteiger charge is 2.10. The van der Waals surface area contributed by atoms with Crippen LogP contribution in [0.25, 0.3) is 11.1 Å². The Balaban J connectivity index is 2.38. The molecule has 0 aliphatic heterocycles. The second-order valence-electron chi connectivity index (χ2n) is 4.46. The molecule has 21 heavy (non-hydrogen) atoms. The van der Waals surface area contributed by atoms with Crippen LogP contribution in [0.2, 0.25) is 0 Å². The minimum Gasteiger partial charge on any atom is -0.484 e. The number of aromatic amines is 1. The molecular weight excluding hydrogens is 270 g/mol. The van der Waals surface area contributed by atoms with Crippen LogP contribution in [0.5, 0.6) is 5.75 Å². The van der Waals surface area contributed by atoms with Gasteiger partial charge in [-0.3, -0.25) is 9.59 Å². The molecule has 0 atom stereocenters. The van der Waals surface area contributed by atoms with Crippen LogP contribution in [0.4, 0.5) is 0 Å². The second kappa shape index (κ2) is 5.92. The van der Waals surface area contributed by atoms with E-state index in [-0.39, 0.29) is 12.2 Å². The minimum absolute atomic E-state index is 0.0615. The number of carbonyl (C=O) groups is 1. The van der Waals surface area contributed by atoms with E-state index in [1.54, 1.807) is 37.3 Å². The Kier molecular flexibility index (Phi) is 4.05. The minimum atomic E-state index is -0.559. The lowest BCUT2D eigenvalue weighted by atomic mass is 10.0. The average Bonchev–Trinajstić information content (AvgIpc) is 2.45. The van der Waals surface area contributed by atoms with Crippen molar-refractivity contribution < 1.29 is 9.53 Å². The van der Waals surface area contributed by atoms with Crippen LogP contribution in [-0.2, 0) is 4.79 Å². The van der Waals surface area contributed by atoms with Crippen molar-refractivity contribution in [2.24, 2.45) is 5.73 Å². The maximum atomic E-state index is 11.8. The molecule has 1 aromatic heterocycles. The summed E-state index contributed by atoms with van der Waals surface area (Å²) in [5.41, 5.74) is 6.58. The molecule has 0 aliphatic carbocycles. The number of nitriles is 1.